The normalized spacial score (nSPS) is 16.0. The van der Waals surface area contributed by atoms with Crippen molar-refractivity contribution in [2.45, 2.75) is 18.9 Å². The van der Waals surface area contributed by atoms with E-state index in [9.17, 15) is 14.0 Å². The molecule has 0 aromatic heterocycles. The van der Waals surface area contributed by atoms with E-state index in [1.807, 2.05) is 30.3 Å². The zero-order chi connectivity index (χ0) is 20.2. The molecule has 0 spiro atoms. The highest BCUT2D eigenvalue weighted by molar-refractivity contribution is 6.07. The van der Waals surface area contributed by atoms with E-state index in [0.29, 0.717) is 23.5 Å². The molecule has 1 N–H and O–H groups in total. The molecule has 5 nitrogen and oxygen atoms in total. The summed E-state index contributed by atoms with van der Waals surface area (Å²) in [5, 5.41) is 2.84. The second kappa shape index (κ2) is 8.14. The number of nitrogens with one attached hydrogen (secondary N) is 1. The van der Waals surface area contributed by atoms with Gasteiger partial charge in [0.25, 0.3) is 0 Å². The highest BCUT2D eigenvalue weighted by atomic mass is 19.1. The fraction of sp³-hybridized carbons (Fsp3) is 0.130. The molecule has 6 heteroatoms. The molecule has 3 aromatic rings. The van der Waals surface area contributed by atoms with E-state index in [1.54, 1.807) is 24.3 Å². The average Bonchev–Trinajstić information content (AvgIpc) is 3.12. The van der Waals surface area contributed by atoms with Crippen LogP contribution in [0.1, 0.15) is 12.8 Å². The van der Waals surface area contributed by atoms with Gasteiger partial charge in [0.05, 0.1) is 0 Å². The summed E-state index contributed by atoms with van der Waals surface area (Å²) in [4.78, 5) is 26.5. The zero-order valence-corrected chi connectivity index (χ0v) is 15.5. The molecule has 1 saturated heterocycles. The largest absolute Gasteiger partial charge is 0.457 e. The molecule has 4 rings (SSSR count). The summed E-state index contributed by atoms with van der Waals surface area (Å²) >= 11 is 0. The monoisotopic (exact) mass is 390 g/mol. The third kappa shape index (κ3) is 4.27. The van der Waals surface area contributed by atoms with Crippen molar-refractivity contribution in [3.63, 3.8) is 0 Å². The Morgan fingerprint density at radius 3 is 2.28 bits per heavy atom. The van der Waals surface area contributed by atoms with Crippen LogP contribution in [0, 0.1) is 5.82 Å². The first-order chi connectivity index (χ1) is 14.1. The number of rotatable bonds is 5. The molecule has 146 valence electrons. The Morgan fingerprint density at radius 1 is 0.931 bits per heavy atom. The predicted octanol–water partition coefficient (Wildman–Crippen LogP) is 4.75. The Bertz CT molecular complexity index is 1000. The third-order valence-corrected chi connectivity index (χ3v) is 4.72. The van der Waals surface area contributed by atoms with Crippen LogP contribution in [0.2, 0.25) is 0 Å². The van der Waals surface area contributed by atoms with Crippen LogP contribution in [0.15, 0.2) is 78.9 Å². The van der Waals surface area contributed by atoms with Crippen molar-refractivity contribution >= 4 is 23.2 Å². The molecule has 0 saturated carbocycles. The van der Waals surface area contributed by atoms with Gasteiger partial charge in [-0.3, -0.25) is 14.5 Å². The van der Waals surface area contributed by atoms with Gasteiger partial charge in [-0.25, -0.2) is 4.39 Å². The number of nitrogens with zero attached hydrogens (tertiary/aromatic N) is 1. The zero-order valence-electron chi connectivity index (χ0n) is 15.5. The van der Waals surface area contributed by atoms with Crippen LogP contribution in [-0.4, -0.2) is 17.9 Å². The van der Waals surface area contributed by atoms with E-state index >= 15 is 0 Å². The lowest BCUT2D eigenvalue weighted by Crippen LogP contribution is -2.41. The topological polar surface area (TPSA) is 58.6 Å². The fourth-order valence-corrected chi connectivity index (χ4v) is 3.31. The molecule has 1 aliphatic rings. The van der Waals surface area contributed by atoms with Gasteiger partial charge in [0.15, 0.2) is 0 Å². The van der Waals surface area contributed by atoms with Gasteiger partial charge in [-0.1, -0.05) is 18.2 Å². The third-order valence-electron chi connectivity index (χ3n) is 4.72. The Hall–Kier alpha value is -3.67. The number of para-hydroxylation sites is 1. The minimum atomic E-state index is -0.631. The maximum atomic E-state index is 13.2. The second-order valence-corrected chi connectivity index (χ2v) is 6.72. The van der Waals surface area contributed by atoms with Gasteiger partial charge in [-0.2, -0.15) is 0 Å². The van der Waals surface area contributed by atoms with Crippen LogP contribution in [0.3, 0.4) is 0 Å². The van der Waals surface area contributed by atoms with Gasteiger partial charge in [0.2, 0.25) is 11.8 Å². The Morgan fingerprint density at radius 2 is 1.59 bits per heavy atom. The molecule has 0 aliphatic carbocycles. The Kier molecular flexibility index (Phi) is 5.24. The quantitative estimate of drug-likeness (QED) is 0.684. The SMILES string of the molecule is O=C(Nc1ccc(Oc2ccccc2)cc1)C1CCC(=O)N1c1ccc(F)cc1. The number of amides is 2. The van der Waals surface area contributed by atoms with Gasteiger partial charge < -0.3 is 10.1 Å². The number of hydrogen-bond acceptors (Lipinski definition) is 3. The maximum absolute atomic E-state index is 13.2. The number of carbonyl (C=O) groups is 2. The number of ether oxygens (including phenoxy) is 1. The van der Waals surface area contributed by atoms with Crippen LogP contribution in [0.5, 0.6) is 11.5 Å². The van der Waals surface area contributed by atoms with Crippen LogP contribution in [0.4, 0.5) is 15.8 Å². The highest BCUT2D eigenvalue weighted by Gasteiger charge is 2.37. The molecule has 1 heterocycles. The summed E-state index contributed by atoms with van der Waals surface area (Å²) in [5.74, 6) is 0.557. The van der Waals surface area contributed by atoms with E-state index in [0.717, 1.165) is 5.75 Å². The Labute approximate surface area is 167 Å². The molecule has 1 unspecified atom stereocenters. The van der Waals surface area contributed by atoms with Gasteiger partial charge in [0, 0.05) is 17.8 Å². The van der Waals surface area contributed by atoms with E-state index in [1.165, 1.54) is 29.2 Å². The van der Waals surface area contributed by atoms with Gasteiger partial charge in [-0.05, 0) is 67.1 Å². The number of carbonyl (C=O) groups excluding carboxylic acids is 2. The highest BCUT2D eigenvalue weighted by Crippen LogP contribution is 2.28. The van der Waals surface area contributed by atoms with E-state index in [4.69, 9.17) is 4.74 Å². The molecule has 3 aromatic carbocycles. The van der Waals surface area contributed by atoms with Gasteiger partial charge in [0.1, 0.15) is 23.4 Å². The van der Waals surface area contributed by atoms with Crippen molar-refractivity contribution in [2.24, 2.45) is 0 Å². The van der Waals surface area contributed by atoms with Crippen LogP contribution >= 0.6 is 0 Å². The van der Waals surface area contributed by atoms with Crippen molar-refractivity contribution in [1.82, 2.24) is 0 Å². The summed E-state index contributed by atoms with van der Waals surface area (Å²) in [6.07, 6.45) is 0.691. The number of anilines is 2. The molecular weight excluding hydrogens is 371 g/mol. The second-order valence-electron chi connectivity index (χ2n) is 6.72. The lowest BCUT2D eigenvalue weighted by molar-refractivity contribution is -0.120. The van der Waals surface area contributed by atoms with Crippen molar-refractivity contribution in [3.8, 4) is 11.5 Å². The molecule has 1 atom stereocenters. The minimum Gasteiger partial charge on any atom is -0.457 e. The van der Waals surface area contributed by atoms with Crippen molar-refractivity contribution in [3.05, 3.63) is 84.7 Å². The van der Waals surface area contributed by atoms with Crippen molar-refractivity contribution in [2.75, 3.05) is 10.2 Å². The summed E-state index contributed by atoms with van der Waals surface area (Å²) in [5.41, 5.74) is 1.12. The molecule has 0 bridgehead atoms. The molecule has 29 heavy (non-hydrogen) atoms. The smallest absolute Gasteiger partial charge is 0.247 e. The first-order valence-electron chi connectivity index (χ1n) is 9.31. The van der Waals surface area contributed by atoms with Crippen molar-refractivity contribution < 1.29 is 18.7 Å². The predicted molar refractivity (Wildman–Crippen MR) is 108 cm³/mol. The Balaban J connectivity index is 1.44. The lowest BCUT2D eigenvalue weighted by Gasteiger charge is -2.24. The first kappa shape index (κ1) is 18.7. The number of hydrogen-bond donors (Lipinski definition) is 1. The van der Waals surface area contributed by atoms with E-state index in [2.05, 4.69) is 5.32 Å². The standard InChI is InChI=1S/C23H19FN2O3/c24-16-6-10-18(11-7-16)26-21(14-15-22(26)27)23(28)25-17-8-12-20(13-9-17)29-19-4-2-1-3-5-19/h1-13,21H,14-15H2,(H,25,28). The number of halogens is 1. The molecule has 0 radical (unpaired) electrons. The summed E-state index contributed by atoms with van der Waals surface area (Å²) in [6.45, 7) is 0. The fourth-order valence-electron chi connectivity index (χ4n) is 3.31. The molecule has 2 amide bonds. The molecule has 1 fully saturated rings. The maximum Gasteiger partial charge on any atom is 0.247 e. The van der Waals surface area contributed by atoms with Crippen LogP contribution in [0.25, 0.3) is 0 Å². The average molecular weight is 390 g/mol. The van der Waals surface area contributed by atoms with Crippen molar-refractivity contribution in [1.29, 1.82) is 0 Å². The van der Waals surface area contributed by atoms with E-state index in [-0.39, 0.29) is 24.1 Å². The summed E-state index contributed by atoms with van der Waals surface area (Å²) < 4.78 is 18.9. The first-order valence-corrected chi connectivity index (χ1v) is 9.31. The van der Waals surface area contributed by atoms with Gasteiger partial charge >= 0.3 is 0 Å². The van der Waals surface area contributed by atoms with Crippen LogP contribution < -0.4 is 15.0 Å². The lowest BCUT2D eigenvalue weighted by atomic mass is 10.2. The summed E-state index contributed by atoms with van der Waals surface area (Å²) in [7, 11) is 0. The van der Waals surface area contributed by atoms with E-state index < -0.39 is 6.04 Å². The van der Waals surface area contributed by atoms with Crippen LogP contribution in [-0.2, 0) is 9.59 Å². The summed E-state index contributed by atoms with van der Waals surface area (Å²) in [6, 6.07) is 21.4. The van der Waals surface area contributed by atoms with Gasteiger partial charge in [-0.15, -0.1) is 0 Å². The number of benzene rings is 3. The molecule has 1 aliphatic heterocycles. The molecular formula is C23H19FN2O3. The minimum absolute atomic E-state index is 0.150.